The van der Waals surface area contributed by atoms with Crippen LogP contribution in [0.2, 0.25) is 0 Å². The van der Waals surface area contributed by atoms with E-state index < -0.39 is 21.3 Å². The Bertz CT molecular complexity index is 1280. The van der Waals surface area contributed by atoms with E-state index in [2.05, 4.69) is 18.0 Å². The summed E-state index contributed by atoms with van der Waals surface area (Å²) >= 11 is 0. The molecule has 0 N–H and O–H groups in total. The van der Waals surface area contributed by atoms with Crippen LogP contribution < -0.4 is 9.47 Å². The Labute approximate surface area is 213 Å². The molecular weight excluding hydrogens is 482 g/mol. The molecule has 0 unspecified atom stereocenters. The summed E-state index contributed by atoms with van der Waals surface area (Å²) in [5.41, 5.74) is 0.938. The fraction of sp³-hybridized carbons (Fsp3) is 0.538. The Morgan fingerprint density at radius 2 is 1.81 bits per heavy atom. The van der Waals surface area contributed by atoms with Crippen LogP contribution in [-0.4, -0.2) is 60.5 Å². The number of hydrogen-bond donors (Lipinski definition) is 0. The number of fused-ring (bicyclic) bond motifs is 1. The normalized spacial score (nSPS) is 27.8. The average molecular weight is 512 g/mol. The third-order valence-electron chi connectivity index (χ3n) is 8.80. The molecule has 1 spiro atoms. The number of methoxy groups -OCH3 is 1. The van der Waals surface area contributed by atoms with Gasteiger partial charge in [0.2, 0.25) is 5.75 Å². The quantitative estimate of drug-likeness (QED) is 0.425. The topological polar surface area (TPSA) is 126 Å². The third-order valence-corrected chi connectivity index (χ3v) is 8.80. The van der Waals surface area contributed by atoms with E-state index in [1.54, 1.807) is 7.11 Å². The van der Waals surface area contributed by atoms with Gasteiger partial charge in [0, 0.05) is 35.9 Å². The van der Waals surface area contributed by atoms with Gasteiger partial charge in [0.15, 0.2) is 17.3 Å². The first kappa shape index (κ1) is 24.1. The first-order valence-corrected chi connectivity index (χ1v) is 12.6. The number of rotatable bonds is 5. The zero-order chi connectivity index (χ0) is 25.9. The lowest BCUT2D eigenvalue weighted by Gasteiger charge is -2.61. The van der Waals surface area contributed by atoms with Gasteiger partial charge >= 0.3 is 5.69 Å². The Morgan fingerprint density at radius 3 is 2.51 bits per heavy atom. The molecular formula is C26H29N3O8. The van der Waals surface area contributed by atoms with Crippen molar-refractivity contribution in [3.8, 4) is 17.2 Å². The highest BCUT2D eigenvalue weighted by Crippen LogP contribution is 2.62. The summed E-state index contributed by atoms with van der Waals surface area (Å²) in [5, 5.41) is 23.1. The fourth-order valence-electron chi connectivity index (χ4n) is 7.24. The van der Waals surface area contributed by atoms with Gasteiger partial charge in [-0.3, -0.25) is 20.2 Å². The van der Waals surface area contributed by atoms with Crippen LogP contribution in [0.5, 0.6) is 17.2 Å². The van der Waals surface area contributed by atoms with Crippen molar-refractivity contribution >= 4 is 11.4 Å². The van der Waals surface area contributed by atoms with Crippen molar-refractivity contribution in [2.45, 2.75) is 49.3 Å². The summed E-state index contributed by atoms with van der Waals surface area (Å²) < 4.78 is 24.5. The Kier molecular flexibility index (Phi) is 5.62. The first-order chi connectivity index (χ1) is 17.8. The molecule has 4 aliphatic rings. The first-order valence-electron chi connectivity index (χ1n) is 12.6. The van der Waals surface area contributed by atoms with E-state index in [1.165, 1.54) is 12.1 Å². The number of hydrogen-bond acceptors (Lipinski definition) is 9. The minimum Gasteiger partial charge on any atom is -0.493 e. The largest absolute Gasteiger partial charge is 0.493 e. The van der Waals surface area contributed by atoms with E-state index in [4.69, 9.17) is 18.9 Å². The maximum absolute atomic E-state index is 11.9. The summed E-state index contributed by atoms with van der Waals surface area (Å²) in [6.45, 7) is 2.02. The van der Waals surface area contributed by atoms with Gasteiger partial charge in [-0.15, -0.1) is 0 Å². The highest BCUT2D eigenvalue weighted by molar-refractivity contribution is 5.61. The van der Waals surface area contributed by atoms with Crippen molar-refractivity contribution < 1.29 is 28.8 Å². The Morgan fingerprint density at radius 1 is 1.05 bits per heavy atom. The molecule has 2 saturated heterocycles. The standard InChI is InChI=1S/C26H29N3O8/c1-27-10-9-25-15-26(35-11-12-36-26)8-7-18(25)19(27)13-16-3-5-22(34-2)24(23(16)25)37-21-6-4-17(28(30)31)14-20(21)29(32)33/h3-6,14,18-19H,7-13,15H2,1-2H3/t18-,19+,25-/m1/s1. The molecule has 6 rings (SSSR count). The van der Waals surface area contributed by atoms with Crippen LogP contribution in [0.1, 0.15) is 36.8 Å². The Balaban J connectivity index is 1.53. The SMILES string of the molecule is COc1ccc2c(c1Oc1ccc([N+](=O)[O-])cc1[N+](=O)[O-])[C@@]13CCN(C)[C@@H](C2)[C@H]1CCC1(C3)OCCO1. The van der Waals surface area contributed by atoms with Crippen LogP contribution in [0.15, 0.2) is 30.3 Å². The van der Waals surface area contributed by atoms with Crippen molar-refractivity contribution in [1.82, 2.24) is 4.90 Å². The van der Waals surface area contributed by atoms with Crippen LogP contribution in [-0.2, 0) is 21.3 Å². The molecule has 0 radical (unpaired) electrons. The van der Waals surface area contributed by atoms with Gasteiger partial charge in [-0.05, 0) is 56.5 Å². The average Bonchev–Trinajstić information content (AvgIpc) is 3.33. The zero-order valence-corrected chi connectivity index (χ0v) is 20.8. The monoisotopic (exact) mass is 511 g/mol. The highest BCUT2D eigenvalue weighted by Gasteiger charge is 2.61. The molecule has 0 amide bonds. The van der Waals surface area contributed by atoms with Gasteiger partial charge < -0.3 is 23.8 Å². The van der Waals surface area contributed by atoms with Crippen molar-refractivity contribution in [3.63, 3.8) is 0 Å². The van der Waals surface area contributed by atoms with Gasteiger partial charge in [0.1, 0.15) is 0 Å². The molecule has 3 atom stereocenters. The molecule has 11 nitrogen and oxygen atoms in total. The fourth-order valence-corrected chi connectivity index (χ4v) is 7.24. The number of nitro benzene ring substituents is 2. The predicted octanol–water partition coefficient (Wildman–Crippen LogP) is 4.35. The smallest absolute Gasteiger partial charge is 0.318 e. The number of non-ortho nitro benzene ring substituents is 1. The van der Waals surface area contributed by atoms with E-state index in [0.717, 1.165) is 49.4 Å². The molecule has 11 heteroatoms. The summed E-state index contributed by atoms with van der Waals surface area (Å²) in [4.78, 5) is 24.2. The van der Waals surface area contributed by atoms with E-state index in [1.807, 2.05) is 6.07 Å². The minimum absolute atomic E-state index is 0.0656. The van der Waals surface area contributed by atoms with E-state index in [-0.39, 0.29) is 16.9 Å². The maximum Gasteiger partial charge on any atom is 0.318 e. The molecule has 2 aliphatic heterocycles. The zero-order valence-electron chi connectivity index (χ0n) is 20.8. The number of piperidine rings is 1. The minimum atomic E-state index is -0.660. The van der Waals surface area contributed by atoms with Crippen LogP contribution in [0.3, 0.4) is 0 Å². The lowest BCUT2D eigenvalue weighted by atomic mass is 9.51. The molecule has 1 saturated carbocycles. The molecule has 2 aromatic rings. The second kappa shape index (κ2) is 8.64. The van der Waals surface area contributed by atoms with E-state index >= 15 is 0 Å². The van der Waals surface area contributed by atoms with E-state index in [9.17, 15) is 20.2 Å². The summed E-state index contributed by atoms with van der Waals surface area (Å²) in [7, 11) is 3.72. The van der Waals surface area contributed by atoms with E-state index in [0.29, 0.717) is 43.1 Å². The van der Waals surface area contributed by atoms with Gasteiger partial charge in [-0.2, -0.15) is 0 Å². The molecule has 196 valence electrons. The lowest BCUT2D eigenvalue weighted by molar-refractivity contribution is -0.394. The highest BCUT2D eigenvalue weighted by atomic mass is 16.7. The molecule has 2 aromatic carbocycles. The molecule has 3 fully saturated rings. The molecule has 2 bridgehead atoms. The van der Waals surface area contributed by atoms with Crippen molar-refractivity contribution in [1.29, 1.82) is 0 Å². The molecule has 0 aromatic heterocycles. The lowest BCUT2D eigenvalue weighted by Crippen LogP contribution is -2.63. The summed E-state index contributed by atoms with van der Waals surface area (Å²) in [6, 6.07) is 7.68. The summed E-state index contributed by atoms with van der Waals surface area (Å²) in [5.74, 6) is 0.512. The number of nitrogens with zero attached hydrogens (tertiary/aromatic N) is 3. The number of likely N-dealkylation sites (N-methyl/N-ethyl adjacent to an activating group) is 1. The van der Waals surface area contributed by atoms with Gasteiger partial charge in [0.25, 0.3) is 5.69 Å². The molecule has 2 aliphatic carbocycles. The van der Waals surface area contributed by atoms with Crippen LogP contribution in [0.25, 0.3) is 0 Å². The maximum atomic E-state index is 11.9. The van der Waals surface area contributed by atoms with Crippen LogP contribution >= 0.6 is 0 Å². The molecule has 2 heterocycles. The van der Waals surface area contributed by atoms with Crippen molar-refractivity contribution in [2.75, 3.05) is 33.9 Å². The number of ether oxygens (including phenoxy) is 4. The second-order valence-corrected chi connectivity index (χ2v) is 10.5. The number of benzene rings is 2. The Hall–Kier alpha value is -3.28. The van der Waals surface area contributed by atoms with Gasteiger partial charge in [-0.1, -0.05) is 6.07 Å². The summed E-state index contributed by atoms with van der Waals surface area (Å²) in [6.07, 6.45) is 4.12. The second-order valence-electron chi connectivity index (χ2n) is 10.5. The number of nitro groups is 2. The molecule has 37 heavy (non-hydrogen) atoms. The predicted molar refractivity (Wildman–Crippen MR) is 131 cm³/mol. The van der Waals surface area contributed by atoms with Crippen LogP contribution in [0, 0.1) is 26.1 Å². The van der Waals surface area contributed by atoms with Crippen molar-refractivity contribution in [3.05, 3.63) is 61.7 Å². The number of likely N-dealkylation sites (tertiary alicyclic amines) is 1. The van der Waals surface area contributed by atoms with Crippen molar-refractivity contribution in [2.24, 2.45) is 5.92 Å². The van der Waals surface area contributed by atoms with Gasteiger partial charge in [-0.25, -0.2) is 0 Å². The van der Waals surface area contributed by atoms with Gasteiger partial charge in [0.05, 0.1) is 36.2 Å². The third kappa shape index (κ3) is 3.67. The van der Waals surface area contributed by atoms with Crippen LogP contribution in [0.4, 0.5) is 11.4 Å².